The molecule has 2 heterocycles. The lowest BCUT2D eigenvalue weighted by Gasteiger charge is -2.03. The normalized spacial score (nSPS) is 10.2. The van der Waals surface area contributed by atoms with E-state index in [1.54, 1.807) is 18.3 Å². The summed E-state index contributed by atoms with van der Waals surface area (Å²) in [7, 11) is 0. The van der Waals surface area contributed by atoms with Crippen LogP contribution >= 0.6 is 15.9 Å². The van der Waals surface area contributed by atoms with Crippen molar-refractivity contribution in [2.45, 2.75) is 0 Å². The summed E-state index contributed by atoms with van der Waals surface area (Å²) in [6, 6.07) is 4.77. The largest absolute Gasteiger partial charge is 0.478 e. The number of pyridine rings is 1. The molecule has 6 heteroatoms. The summed E-state index contributed by atoms with van der Waals surface area (Å²) in [6.45, 7) is 0. The Balaban J connectivity index is 2.57. The Labute approximate surface area is 93.5 Å². The van der Waals surface area contributed by atoms with E-state index >= 15 is 0 Å². The Bertz CT molecular complexity index is 510. The molecule has 5 nitrogen and oxygen atoms in total. The zero-order valence-corrected chi connectivity index (χ0v) is 9.05. The number of rotatable bonds is 2. The third-order valence-electron chi connectivity index (χ3n) is 1.79. The van der Waals surface area contributed by atoms with Gasteiger partial charge in [0, 0.05) is 12.4 Å². The molecule has 2 aromatic heterocycles. The van der Waals surface area contributed by atoms with Crippen LogP contribution in [0, 0.1) is 0 Å². The summed E-state index contributed by atoms with van der Waals surface area (Å²) in [4.78, 5) is 14.9. The zero-order valence-electron chi connectivity index (χ0n) is 7.46. The molecule has 15 heavy (non-hydrogen) atoms. The molecule has 0 bridgehead atoms. The highest BCUT2D eigenvalue weighted by Gasteiger charge is 2.12. The van der Waals surface area contributed by atoms with Crippen molar-refractivity contribution >= 4 is 21.9 Å². The van der Waals surface area contributed by atoms with Gasteiger partial charge in [-0.15, -0.1) is 0 Å². The molecule has 1 N–H and O–H groups in total. The molecule has 0 amide bonds. The van der Waals surface area contributed by atoms with Crippen molar-refractivity contribution < 1.29 is 9.90 Å². The van der Waals surface area contributed by atoms with Gasteiger partial charge >= 0.3 is 5.97 Å². The van der Waals surface area contributed by atoms with Crippen LogP contribution in [0.2, 0.25) is 0 Å². The third-order valence-corrected chi connectivity index (χ3v) is 2.21. The minimum Gasteiger partial charge on any atom is -0.478 e. The molecule has 0 aliphatic carbocycles. The maximum absolute atomic E-state index is 10.9. The van der Waals surface area contributed by atoms with Crippen LogP contribution in [0.15, 0.2) is 35.2 Å². The topological polar surface area (TPSA) is 68.0 Å². The fourth-order valence-corrected chi connectivity index (χ4v) is 1.46. The number of nitrogens with zero attached hydrogens (tertiary/aromatic N) is 3. The summed E-state index contributed by atoms with van der Waals surface area (Å²) in [5.74, 6) is -0.722. The standard InChI is InChI=1S/C9H6BrN3O2/c10-7-3-5-13(12-7)8-6(9(14)15)2-1-4-11-8/h1-5H,(H,14,15). The summed E-state index contributed by atoms with van der Waals surface area (Å²) in [5.41, 5.74) is 0.119. The van der Waals surface area contributed by atoms with Crippen molar-refractivity contribution in [2.24, 2.45) is 0 Å². The first-order valence-corrected chi connectivity index (χ1v) is 4.87. The number of carbonyl (C=O) groups is 1. The Kier molecular flexibility index (Phi) is 2.51. The zero-order chi connectivity index (χ0) is 10.8. The summed E-state index contributed by atoms with van der Waals surface area (Å²) < 4.78 is 2.04. The molecule has 0 saturated carbocycles. The van der Waals surface area contributed by atoms with Gasteiger partial charge in [-0.2, -0.15) is 5.10 Å². The monoisotopic (exact) mass is 267 g/mol. The predicted molar refractivity (Wildman–Crippen MR) is 56.0 cm³/mol. The van der Waals surface area contributed by atoms with E-state index in [1.165, 1.54) is 16.9 Å². The highest BCUT2D eigenvalue weighted by Crippen LogP contribution is 2.13. The molecule has 2 rings (SSSR count). The quantitative estimate of drug-likeness (QED) is 0.900. The smallest absolute Gasteiger partial charge is 0.339 e. The van der Waals surface area contributed by atoms with Crippen molar-refractivity contribution in [3.8, 4) is 5.82 Å². The minimum atomic E-state index is -1.02. The van der Waals surface area contributed by atoms with E-state index in [0.717, 1.165) is 0 Å². The van der Waals surface area contributed by atoms with E-state index in [4.69, 9.17) is 5.11 Å². The lowest BCUT2D eigenvalue weighted by Crippen LogP contribution is -2.07. The van der Waals surface area contributed by atoms with E-state index in [0.29, 0.717) is 10.4 Å². The Morgan fingerprint density at radius 1 is 1.47 bits per heavy atom. The van der Waals surface area contributed by atoms with Crippen molar-refractivity contribution in [1.82, 2.24) is 14.8 Å². The van der Waals surface area contributed by atoms with Crippen LogP contribution in [-0.4, -0.2) is 25.8 Å². The first-order chi connectivity index (χ1) is 7.18. The van der Waals surface area contributed by atoms with Gasteiger partial charge in [0.1, 0.15) is 10.2 Å². The van der Waals surface area contributed by atoms with Gasteiger partial charge in [0.05, 0.1) is 0 Å². The molecule has 0 unspecified atom stereocenters. The Hall–Kier alpha value is -1.69. The summed E-state index contributed by atoms with van der Waals surface area (Å²) in [6.07, 6.45) is 3.16. The molecule has 76 valence electrons. The lowest BCUT2D eigenvalue weighted by atomic mass is 10.2. The van der Waals surface area contributed by atoms with E-state index in [9.17, 15) is 4.79 Å². The molecule has 0 aliphatic heterocycles. The van der Waals surface area contributed by atoms with Crippen LogP contribution in [0.3, 0.4) is 0 Å². The molecular weight excluding hydrogens is 262 g/mol. The maximum atomic E-state index is 10.9. The maximum Gasteiger partial charge on any atom is 0.339 e. The summed E-state index contributed by atoms with van der Waals surface area (Å²) >= 11 is 3.18. The lowest BCUT2D eigenvalue weighted by molar-refractivity contribution is 0.0696. The SMILES string of the molecule is O=C(O)c1cccnc1-n1ccc(Br)n1. The second-order valence-electron chi connectivity index (χ2n) is 2.76. The molecule has 0 aliphatic rings. The average molecular weight is 268 g/mol. The minimum absolute atomic E-state index is 0.119. The molecule has 0 atom stereocenters. The number of aromatic nitrogens is 3. The van der Waals surface area contributed by atoms with Gasteiger partial charge in [0.15, 0.2) is 5.82 Å². The van der Waals surface area contributed by atoms with Gasteiger partial charge < -0.3 is 5.11 Å². The fraction of sp³-hybridized carbons (Fsp3) is 0. The Morgan fingerprint density at radius 2 is 2.27 bits per heavy atom. The molecule has 2 aromatic rings. The van der Waals surface area contributed by atoms with Crippen molar-refractivity contribution in [1.29, 1.82) is 0 Å². The van der Waals surface area contributed by atoms with Gasteiger partial charge in [-0.1, -0.05) is 0 Å². The number of carboxylic acids is 1. The van der Waals surface area contributed by atoms with Gasteiger partial charge in [-0.25, -0.2) is 14.5 Å². The number of hydrogen-bond donors (Lipinski definition) is 1. The number of halogens is 1. The first-order valence-electron chi connectivity index (χ1n) is 4.08. The second-order valence-corrected chi connectivity index (χ2v) is 3.58. The Morgan fingerprint density at radius 3 is 2.87 bits per heavy atom. The second kappa shape index (κ2) is 3.82. The molecule has 0 spiro atoms. The van der Waals surface area contributed by atoms with E-state index in [1.807, 2.05) is 0 Å². The number of carboxylic acid groups (broad SMARTS) is 1. The van der Waals surface area contributed by atoms with Crippen molar-refractivity contribution in [3.05, 3.63) is 40.8 Å². The predicted octanol–water partition coefficient (Wildman–Crippen LogP) is 1.73. The first kappa shape index (κ1) is 9.85. The fourth-order valence-electron chi connectivity index (χ4n) is 1.17. The number of hydrogen-bond acceptors (Lipinski definition) is 3. The molecule has 0 aromatic carbocycles. The van der Waals surface area contributed by atoms with Crippen LogP contribution in [-0.2, 0) is 0 Å². The van der Waals surface area contributed by atoms with E-state index < -0.39 is 5.97 Å². The van der Waals surface area contributed by atoms with Gasteiger partial charge in [0.25, 0.3) is 0 Å². The van der Waals surface area contributed by atoms with Crippen LogP contribution in [0.1, 0.15) is 10.4 Å². The molecule has 0 radical (unpaired) electrons. The van der Waals surface area contributed by atoms with Crippen molar-refractivity contribution in [2.75, 3.05) is 0 Å². The van der Waals surface area contributed by atoms with Crippen LogP contribution in [0.5, 0.6) is 0 Å². The number of aromatic carboxylic acids is 1. The van der Waals surface area contributed by atoms with Gasteiger partial charge in [-0.05, 0) is 34.1 Å². The molecule has 0 fully saturated rings. The highest BCUT2D eigenvalue weighted by molar-refractivity contribution is 9.10. The third kappa shape index (κ3) is 1.89. The van der Waals surface area contributed by atoms with Gasteiger partial charge in [0.2, 0.25) is 0 Å². The van der Waals surface area contributed by atoms with Gasteiger partial charge in [-0.3, -0.25) is 0 Å². The van der Waals surface area contributed by atoms with E-state index in [2.05, 4.69) is 26.0 Å². The average Bonchev–Trinajstić information content (AvgIpc) is 2.65. The summed E-state index contributed by atoms with van der Waals surface area (Å²) in [5, 5.41) is 13.0. The van der Waals surface area contributed by atoms with Crippen molar-refractivity contribution in [3.63, 3.8) is 0 Å². The van der Waals surface area contributed by atoms with Crippen LogP contribution in [0.4, 0.5) is 0 Å². The van der Waals surface area contributed by atoms with Crippen LogP contribution in [0.25, 0.3) is 5.82 Å². The molecular formula is C9H6BrN3O2. The van der Waals surface area contributed by atoms with Crippen LogP contribution < -0.4 is 0 Å². The molecule has 0 saturated heterocycles. The van der Waals surface area contributed by atoms with E-state index in [-0.39, 0.29) is 5.56 Å². The highest BCUT2D eigenvalue weighted by atomic mass is 79.9.